The number of aryl methyl sites for hydroxylation is 1. The van der Waals surface area contributed by atoms with Gasteiger partial charge in [-0.25, -0.2) is 0 Å². The minimum Gasteiger partial charge on any atom is -0.489 e. The summed E-state index contributed by atoms with van der Waals surface area (Å²) in [7, 11) is 0. The van der Waals surface area contributed by atoms with E-state index in [1.54, 1.807) is 0 Å². The molecule has 0 radical (unpaired) electrons. The molecule has 0 aromatic heterocycles. The number of hydrogen-bond donors (Lipinski definition) is 2. The first kappa shape index (κ1) is 13.3. The molecule has 0 spiro atoms. The molecule has 19 heavy (non-hydrogen) atoms. The molecule has 0 atom stereocenters. The molecular weight excluding hydrogens is 236 g/mol. The van der Waals surface area contributed by atoms with Crippen LogP contribution in [-0.2, 0) is 0 Å². The van der Waals surface area contributed by atoms with Crippen LogP contribution in [-0.4, -0.2) is 6.10 Å². The molecule has 100 valence electrons. The van der Waals surface area contributed by atoms with Gasteiger partial charge in [-0.15, -0.1) is 0 Å². The van der Waals surface area contributed by atoms with E-state index in [0.717, 1.165) is 28.4 Å². The number of nitrogen functional groups attached to an aromatic ring is 1. The third-order valence-electron chi connectivity index (χ3n) is 2.73. The van der Waals surface area contributed by atoms with Crippen molar-refractivity contribution in [1.29, 1.82) is 0 Å². The molecule has 2 aromatic carbocycles. The fourth-order valence-corrected chi connectivity index (χ4v) is 1.87. The van der Waals surface area contributed by atoms with Crippen molar-refractivity contribution in [3.05, 3.63) is 48.0 Å². The van der Waals surface area contributed by atoms with E-state index in [4.69, 9.17) is 10.5 Å². The fourth-order valence-electron chi connectivity index (χ4n) is 1.87. The largest absolute Gasteiger partial charge is 0.489 e. The minimum absolute atomic E-state index is 0.137. The van der Waals surface area contributed by atoms with Crippen LogP contribution in [0.2, 0.25) is 0 Å². The van der Waals surface area contributed by atoms with E-state index < -0.39 is 0 Å². The van der Waals surface area contributed by atoms with Crippen LogP contribution in [0.1, 0.15) is 19.4 Å². The predicted octanol–water partition coefficient (Wildman–Crippen LogP) is 4.11. The predicted molar refractivity (Wildman–Crippen MR) is 81.1 cm³/mol. The summed E-state index contributed by atoms with van der Waals surface area (Å²) in [5.74, 6) is 0.831. The summed E-state index contributed by atoms with van der Waals surface area (Å²) in [4.78, 5) is 0. The van der Waals surface area contributed by atoms with Crippen molar-refractivity contribution in [3.8, 4) is 5.75 Å². The maximum atomic E-state index is 6.02. The van der Waals surface area contributed by atoms with Gasteiger partial charge < -0.3 is 15.8 Å². The highest BCUT2D eigenvalue weighted by Crippen LogP contribution is 2.30. The van der Waals surface area contributed by atoms with Crippen LogP contribution in [0.5, 0.6) is 5.75 Å². The van der Waals surface area contributed by atoms with E-state index >= 15 is 0 Å². The van der Waals surface area contributed by atoms with Crippen LogP contribution in [0, 0.1) is 6.92 Å². The summed E-state index contributed by atoms with van der Waals surface area (Å²) >= 11 is 0. The third kappa shape index (κ3) is 3.41. The Labute approximate surface area is 114 Å². The SMILES string of the molecule is Cc1ccc(Nc2ccccc2OC(C)C)c(N)c1. The molecule has 0 aliphatic heterocycles. The van der Waals surface area contributed by atoms with Crippen LogP contribution < -0.4 is 15.8 Å². The Morgan fingerprint density at radius 2 is 1.79 bits per heavy atom. The van der Waals surface area contributed by atoms with Crippen LogP contribution >= 0.6 is 0 Å². The Kier molecular flexibility index (Phi) is 3.95. The Balaban J connectivity index is 2.27. The Bertz CT molecular complexity index is 564. The number of para-hydroxylation sites is 2. The molecule has 3 nitrogen and oxygen atoms in total. The second kappa shape index (κ2) is 5.65. The van der Waals surface area contributed by atoms with Crippen molar-refractivity contribution in [2.75, 3.05) is 11.1 Å². The van der Waals surface area contributed by atoms with Gasteiger partial charge in [0.1, 0.15) is 5.75 Å². The van der Waals surface area contributed by atoms with Gasteiger partial charge >= 0.3 is 0 Å². The molecule has 0 saturated carbocycles. The average Bonchev–Trinajstić information content (AvgIpc) is 2.34. The lowest BCUT2D eigenvalue weighted by molar-refractivity contribution is 0.244. The zero-order valence-corrected chi connectivity index (χ0v) is 11.6. The highest BCUT2D eigenvalue weighted by atomic mass is 16.5. The summed E-state index contributed by atoms with van der Waals surface area (Å²) in [6.45, 7) is 6.05. The van der Waals surface area contributed by atoms with Gasteiger partial charge in [0, 0.05) is 0 Å². The smallest absolute Gasteiger partial charge is 0.143 e. The van der Waals surface area contributed by atoms with Gasteiger partial charge in [0.15, 0.2) is 0 Å². The zero-order valence-electron chi connectivity index (χ0n) is 11.6. The third-order valence-corrected chi connectivity index (χ3v) is 2.73. The van der Waals surface area contributed by atoms with Gasteiger partial charge in [-0.3, -0.25) is 0 Å². The van der Waals surface area contributed by atoms with Crippen molar-refractivity contribution in [1.82, 2.24) is 0 Å². The number of rotatable bonds is 4. The van der Waals surface area contributed by atoms with Crippen molar-refractivity contribution < 1.29 is 4.74 Å². The topological polar surface area (TPSA) is 47.3 Å². The van der Waals surface area contributed by atoms with E-state index in [-0.39, 0.29) is 6.10 Å². The summed E-state index contributed by atoms with van der Waals surface area (Å²) < 4.78 is 5.78. The van der Waals surface area contributed by atoms with Gasteiger partial charge in [-0.1, -0.05) is 18.2 Å². The van der Waals surface area contributed by atoms with Gasteiger partial charge in [-0.05, 0) is 50.6 Å². The van der Waals surface area contributed by atoms with E-state index in [9.17, 15) is 0 Å². The lowest BCUT2D eigenvalue weighted by Crippen LogP contribution is -2.07. The second-order valence-corrected chi connectivity index (χ2v) is 4.88. The summed E-state index contributed by atoms with van der Waals surface area (Å²) in [5.41, 5.74) is 9.72. The standard InChI is InChI=1S/C16H20N2O/c1-11(2)19-16-7-5-4-6-15(16)18-14-9-8-12(3)10-13(14)17/h4-11,18H,17H2,1-3H3. The molecule has 0 fully saturated rings. The normalized spacial score (nSPS) is 10.5. The molecule has 0 bridgehead atoms. The molecule has 0 unspecified atom stereocenters. The lowest BCUT2D eigenvalue weighted by Gasteiger charge is -2.16. The first-order valence-electron chi connectivity index (χ1n) is 6.45. The first-order chi connectivity index (χ1) is 9.06. The lowest BCUT2D eigenvalue weighted by atomic mass is 10.2. The van der Waals surface area contributed by atoms with Crippen molar-refractivity contribution in [3.63, 3.8) is 0 Å². The molecular formula is C16H20N2O. The molecule has 2 rings (SSSR count). The van der Waals surface area contributed by atoms with Crippen molar-refractivity contribution >= 4 is 17.1 Å². The summed E-state index contributed by atoms with van der Waals surface area (Å²) in [6, 6.07) is 13.8. The number of anilines is 3. The van der Waals surface area contributed by atoms with Gasteiger partial charge in [0.05, 0.1) is 23.2 Å². The average molecular weight is 256 g/mol. The quantitative estimate of drug-likeness (QED) is 0.809. The molecule has 3 heteroatoms. The number of hydrogen-bond acceptors (Lipinski definition) is 3. The van der Waals surface area contributed by atoms with Gasteiger partial charge in [0.2, 0.25) is 0 Å². The summed E-state index contributed by atoms with van der Waals surface area (Å²) in [5, 5.41) is 3.32. The monoisotopic (exact) mass is 256 g/mol. The molecule has 0 saturated heterocycles. The first-order valence-corrected chi connectivity index (χ1v) is 6.45. The highest BCUT2D eigenvalue weighted by molar-refractivity contribution is 5.75. The van der Waals surface area contributed by atoms with E-state index in [2.05, 4.69) is 5.32 Å². The van der Waals surface area contributed by atoms with E-state index in [1.165, 1.54) is 0 Å². The minimum atomic E-state index is 0.137. The van der Waals surface area contributed by atoms with Gasteiger partial charge in [0.25, 0.3) is 0 Å². The van der Waals surface area contributed by atoms with Gasteiger partial charge in [-0.2, -0.15) is 0 Å². The maximum absolute atomic E-state index is 6.02. The van der Waals surface area contributed by atoms with Crippen LogP contribution in [0.3, 0.4) is 0 Å². The molecule has 0 aliphatic rings. The molecule has 0 aliphatic carbocycles. The van der Waals surface area contributed by atoms with Crippen molar-refractivity contribution in [2.24, 2.45) is 0 Å². The molecule has 0 heterocycles. The zero-order chi connectivity index (χ0) is 13.8. The van der Waals surface area contributed by atoms with E-state index in [0.29, 0.717) is 0 Å². The molecule has 3 N–H and O–H groups in total. The molecule has 0 amide bonds. The number of ether oxygens (including phenoxy) is 1. The maximum Gasteiger partial charge on any atom is 0.143 e. The highest BCUT2D eigenvalue weighted by Gasteiger charge is 2.06. The van der Waals surface area contributed by atoms with Crippen LogP contribution in [0.25, 0.3) is 0 Å². The Hall–Kier alpha value is -2.16. The number of benzene rings is 2. The Morgan fingerprint density at radius 3 is 2.47 bits per heavy atom. The number of nitrogens with two attached hydrogens (primary N) is 1. The summed E-state index contributed by atoms with van der Waals surface area (Å²) in [6.07, 6.45) is 0.137. The van der Waals surface area contributed by atoms with Crippen molar-refractivity contribution in [2.45, 2.75) is 26.9 Å². The fraction of sp³-hybridized carbons (Fsp3) is 0.250. The number of nitrogens with one attached hydrogen (secondary N) is 1. The van der Waals surface area contributed by atoms with Crippen LogP contribution in [0.4, 0.5) is 17.1 Å². The Morgan fingerprint density at radius 1 is 1.05 bits per heavy atom. The molecule has 2 aromatic rings. The van der Waals surface area contributed by atoms with E-state index in [1.807, 2.05) is 63.2 Å². The second-order valence-electron chi connectivity index (χ2n) is 4.88. The van der Waals surface area contributed by atoms with Crippen LogP contribution in [0.15, 0.2) is 42.5 Å².